The molecule has 2 N–H and O–H groups in total. The Labute approximate surface area is 119 Å². The van der Waals surface area contributed by atoms with E-state index >= 15 is 0 Å². The lowest BCUT2D eigenvalue weighted by molar-refractivity contribution is 0.627. The molecule has 0 unspecified atom stereocenters. The van der Waals surface area contributed by atoms with Gasteiger partial charge in [-0.05, 0) is 30.3 Å². The summed E-state index contributed by atoms with van der Waals surface area (Å²) in [7, 11) is 0. The van der Waals surface area contributed by atoms with Crippen LogP contribution in [-0.4, -0.2) is 14.5 Å². The summed E-state index contributed by atoms with van der Waals surface area (Å²) in [5.41, 5.74) is 7.87. The van der Waals surface area contributed by atoms with Gasteiger partial charge >= 0.3 is 0 Å². The van der Waals surface area contributed by atoms with Gasteiger partial charge in [0, 0.05) is 11.8 Å². The predicted octanol–water partition coefficient (Wildman–Crippen LogP) is 3.31. The third-order valence-corrected chi connectivity index (χ3v) is 3.19. The lowest BCUT2D eigenvalue weighted by atomic mass is 10.2. The highest BCUT2D eigenvalue weighted by Gasteiger charge is 2.10. The quantitative estimate of drug-likeness (QED) is 0.787. The molecule has 0 radical (unpaired) electrons. The molecule has 0 amide bonds. The fourth-order valence-electron chi connectivity index (χ4n) is 1.93. The highest BCUT2D eigenvalue weighted by molar-refractivity contribution is 6.32. The molecule has 0 saturated heterocycles. The summed E-state index contributed by atoms with van der Waals surface area (Å²) in [5.74, 6) is 0.0641. The van der Waals surface area contributed by atoms with E-state index in [0.29, 0.717) is 16.5 Å². The van der Waals surface area contributed by atoms with E-state index in [4.69, 9.17) is 17.3 Å². The summed E-state index contributed by atoms with van der Waals surface area (Å²) >= 11 is 6.08. The molecule has 3 rings (SSSR count). The maximum atomic E-state index is 13.1. The number of halogens is 2. The zero-order chi connectivity index (χ0) is 14.1. The van der Waals surface area contributed by atoms with Crippen LogP contribution in [-0.2, 0) is 0 Å². The van der Waals surface area contributed by atoms with Crippen LogP contribution in [0.5, 0.6) is 0 Å². The van der Waals surface area contributed by atoms with E-state index in [1.807, 2.05) is 6.07 Å². The largest absolute Gasteiger partial charge is 0.384 e. The van der Waals surface area contributed by atoms with E-state index in [1.54, 1.807) is 35.4 Å². The van der Waals surface area contributed by atoms with Crippen molar-refractivity contribution in [3.8, 4) is 16.9 Å². The number of anilines is 1. The molecule has 0 aliphatic heterocycles. The molecule has 2 heterocycles. The van der Waals surface area contributed by atoms with Gasteiger partial charge in [-0.15, -0.1) is 0 Å². The lowest BCUT2D eigenvalue weighted by Gasteiger charge is -2.10. The molecule has 0 fully saturated rings. The normalized spacial score (nSPS) is 10.7. The fourth-order valence-corrected chi connectivity index (χ4v) is 2.19. The first-order valence-corrected chi connectivity index (χ1v) is 6.22. The summed E-state index contributed by atoms with van der Waals surface area (Å²) in [6.45, 7) is 0. The van der Waals surface area contributed by atoms with Crippen LogP contribution in [0.15, 0.2) is 49.1 Å². The van der Waals surface area contributed by atoms with Gasteiger partial charge in [0.05, 0.1) is 28.9 Å². The highest BCUT2D eigenvalue weighted by Crippen LogP contribution is 2.27. The third-order valence-electron chi connectivity index (χ3n) is 2.89. The maximum Gasteiger partial charge on any atom is 0.124 e. The van der Waals surface area contributed by atoms with E-state index < -0.39 is 0 Å². The second kappa shape index (κ2) is 4.94. The van der Waals surface area contributed by atoms with Crippen molar-refractivity contribution in [2.45, 2.75) is 0 Å². The number of hydrogen-bond donors (Lipinski definition) is 1. The van der Waals surface area contributed by atoms with Crippen molar-refractivity contribution in [1.82, 2.24) is 14.5 Å². The van der Waals surface area contributed by atoms with Gasteiger partial charge in [-0.3, -0.25) is 4.57 Å². The van der Waals surface area contributed by atoms with Gasteiger partial charge in [-0.25, -0.2) is 14.4 Å². The summed E-state index contributed by atoms with van der Waals surface area (Å²) in [6, 6.07) is 7.77. The van der Waals surface area contributed by atoms with Gasteiger partial charge in [0.2, 0.25) is 0 Å². The summed E-state index contributed by atoms with van der Waals surface area (Å²) in [6.07, 6.45) is 4.96. The van der Waals surface area contributed by atoms with Crippen molar-refractivity contribution < 1.29 is 4.39 Å². The molecule has 0 aliphatic rings. The minimum atomic E-state index is -0.380. The van der Waals surface area contributed by atoms with Crippen molar-refractivity contribution in [1.29, 1.82) is 0 Å². The van der Waals surface area contributed by atoms with Crippen LogP contribution in [0.4, 0.5) is 10.2 Å². The maximum absolute atomic E-state index is 13.1. The first-order valence-electron chi connectivity index (χ1n) is 5.85. The monoisotopic (exact) mass is 288 g/mol. The molecule has 0 atom stereocenters. The Kier molecular flexibility index (Phi) is 3.12. The average molecular weight is 289 g/mol. The summed E-state index contributed by atoms with van der Waals surface area (Å²) in [5, 5.41) is 0.313. The average Bonchev–Trinajstić information content (AvgIpc) is 2.88. The number of rotatable bonds is 2. The van der Waals surface area contributed by atoms with Crippen LogP contribution in [0.2, 0.25) is 5.02 Å². The molecule has 20 heavy (non-hydrogen) atoms. The molecule has 3 aromatic rings. The molecule has 0 saturated carbocycles. The Morgan fingerprint density at radius 2 is 2.00 bits per heavy atom. The zero-order valence-electron chi connectivity index (χ0n) is 10.3. The smallest absolute Gasteiger partial charge is 0.124 e. The summed E-state index contributed by atoms with van der Waals surface area (Å²) < 4.78 is 14.9. The Morgan fingerprint density at radius 1 is 1.15 bits per heavy atom. The van der Waals surface area contributed by atoms with Crippen LogP contribution >= 0.6 is 11.6 Å². The van der Waals surface area contributed by atoms with Gasteiger partial charge in [-0.2, -0.15) is 0 Å². The third kappa shape index (κ3) is 2.23. The van der Waals surface area contributed by atoms with E-state index in [0.717, 1.165) is 11.3 Å². The molecular formula is C14H10ClFN4. The van der Waals surface area contributed by atoms with Crippen LogP contribution in [0.1, 0.15) is 0 Å². The van der Waals surface area contributed by atoms with Crippen molar-refractivity contribution in [3.05, 3.63) is 59.9 Å². The first kappa shape index (κ1) is 12.6. The second-order valence-corrected chi connectivity index (χ2v) is 4.62. The van der Waals surface area contributed by atoms with Gasteiger partial charge in [0.15, 0.2) is 0 Å². The van der Waals surface area contributed by atoms with Gasteiger partial charge in [-0.1, -0.05) is 11.6 Å². The molecule has 2 aromatic heterocycles. The van der Waals surface area contributed by atoms with E-state index in [-0.39, 0.29) is 5.82 Å². The van der Waals surface area contributed by atoms with E-state index in [9.17, 15) is 4.39 Å². The number of pyridine rings is 1. The van der Waals surface area contributed by atoms with Crippen LogP contribution in [0, 0.1) is 5.82 Å². The predicted molar refractivity (Wildman–Crippen MR) is 76.2 cm³/mol. The molecular weight excluding hydrogens is 279 g/mol. The zero-order valence-corrected chi connectivity index (χ0v) is 11.0. The summed E-state index contributed by atoms with van der Waals surface area (Å²) in [4.78, 5) is 8.16. The van der Waals surface area contributed by atoms with Gasteiger partial charge in [0.1, 0.15) is 11.6 Å². The topological polar surface area (TPSA) is 56.7 Å². The number of benzene rings is 1. The van der Waals surface area contributed by atoms with Crippen molar-refractivity contribution in [3.63, 3.8) is 0 Å². The van der Waals surface area contributed by atoms with E-state index in [1.165, 1.54) is 12.1 Å². The fraction of sp³-hybridized carbons (Fsp3) is 0. The van der Waals surface area contributed by atoms with Crippen molar-refractivity contribution in [2.75, 3.05) is 5.73 Å². The molecule has 6 heteroatoms. The second-order valence-electron chi connectivity index (χ2n) is 4.22. The molecule has 0 bridgehead atoms. The lowest BCUT2D eigenvalue weighted by Crippen LogP contribution is -1.97. The molecule has 1 aromatic carbocycles. The number of nitrogens with two attached hydrogens (primary N) is 1. The molecule has 4 nitrogen and oxygen atoms in total. The van der Waals surface area contributed by atoms with E-state index in [2.05, 4.69) is 9.97 Å². The SMILES string of the molecule is Nc1ccc(-c2cncn2-c2ccc(F)cc2Cl)cn1. The first-order chi connectivity index (χ1) is 9.65. The Balaban J connectivity index is 2.12. The van der Waals surface area contributed by atoms with Crippen LogP contribution < -0.4 is 5.73 Å². The standard InChI is InChI=1S/C14H10ClFN4/c15-11-5-10(16)2-3-12(11)20-8-18-7-13(20)9-1-4-14(17)19-6-9/h1-8H,(H2,17,19). The van der Waals surface area contributed by atoms with Crippen molar-refractivity contribution >= 4 is 17.4 Å². The number of nitrogens with zero attached hydrogens (tertiary/aromatic N) is 3. The molecule has 0 aliphatic carbocycles. The number of hydrogen-bond acceptors (Lipinski definition) is 3. The molecule has 100 valence electrons. The van der Waals surface area contributed by atoms with Crippen LogP contribution in [0.3, 0.4) is 0 Å². The molecule has 0 spiro atoms. The number of imidazole rings is 1. The number of aromatic nitrogens is 3. The Hall–Kier alpha value is -2.40. The van der Waals surface area contributed by atoms with Gasteiger partial charge in [0.25, 0.3) is 0 Å². The highest BCUT2D eigenvalue weighted by atomic mass is 35.5. The minimum Gasteiger partial charge on any atom is -0.384 e. The van der Waals surface area contributed by atoms with Gasteiger partial charge < -0.3 is 5.73 Å². The Bertz CT molecular complexity index is 752. The Morgan fingerprint density at radius 3 is 2.70 bits per heavy atom. The minimum absolute atomic E-state index is 0.313. The van der Waals surface area contributed by atoms with Crippen molar-refractivity contribution in [2.24, 2.45) is 0 Å². The van der Waals surface area contributed by atoms with Crippen LogP contribution in [0.25, 0.3) is 16.9 Å². The number of nitrogen functional groups attached to an aromatic ring is 1.